The van der Waals surface area contributed by atoms with E-state index in [0.717, 1.165) is 17.0 Å². The fourth-order valence-electron chi connectivity index (χ4n) is 3.42. The van der Waals surface area contributed by atoms with Gasteiger partial charge in [0.2, 0.25) is 0 Å². The minimum Gasteiger partial charge on any atom is -0.507 e. The van der Waals surface area contributed by atoms with Crippen LogP contribution in [0.25, 0.3) is 5.76 Å². The standard InChI is InChI=1S/C22H14BrF2NO3S/c23-13-5-8-17(25)16(10-13)19-18(20(27)12-3-6-14(24)7-4-12)21(28)22(29)26(19)11-15-2-1-9-30-15/h1-10,19,27H,11H2/b20-18+. The summed E-state index contributed by atoms with van der Waals surface area (Å²) >= 11 is 4.69. The van der Waals surface area contributed by atoms with Crippen LogP contribution in [0.2, 0.25) is 0 Å². The highest BCUT2D eigenvalue weighted by Crippen LogP contribution is 2.42. The Morgan fingerprint density at radius 2 is 1.83 bits per heavy atom. The molecule has 4 rings (SSSR count). The number of aliphatic hydroxyl groups excluding tert-OH is 1. The van der Waals surface area contributed by atoms with Crippen molar-refractivity contribution in [3.05, 3.63) is 97.7 Å². The summed E-state index contributed by atoms with van der Waals surface area (Å²) in [6.07, 6.45) is 0. The quantitative estimate of drug-likeness (QED) is 0.302. The topological polar surface area (TPSA) is 57.6 Å². The van der Waals surface area contributed by atoms with Gasteiger partial charge in [-0.25, -0.2) is 8.78 Å². The van der Waals surface area contributed by atoms with Gasteiger partial charge in [0.05, 0.1) is 18.2 Å². The molecule has 8 heteroatoms. The number of ketones is 1. The van der Waals surface area contributed by atoms with Crippen molar-refractivity contribution >= 4 is 44.7 Å². The van der Waals surface area contributed by atoms with E-state index < -0.39 is 35.1 Å². The zero-order valence-corrected chi connectivity index (χ0v) is 17.7. The molecule has 3 aromatic rings. The second-order valence-corrected chi connectivity index (χ2v) is 8.63. The number of nitrogens with zero attached hydrogens (tertiary/aromatic N) is 1. The number of carbonyl (C=O) groups excluding carboxylic acids is 2. The van der Waals surface area contributed by atoms with Crippen LogP contribution in [0, 0.1) is 11.6 Å². The third-order valence-corrected chi connectivity index (χ3v) is 6.17. The fourth-order valence-corrected chi connectivity index (χ4v) is 4.51. The van der Waals surface area contributed by atoms with Crippen LogP contribution in [0.5, 0.6) is 0 Å². The van der Waals surface area contributed by atoms with Crippen molar-refractivity contribution in [1.29, 1.82) is 0 Å². The average molecular weight is 490 g/mol. The Morgan fingerprint density at radius 1 is 1.10 bits per heavy atom. The predicted octanol–water partition coefficient (Wildman–Crippen LogP) is 5.41. The molecule has 1 aliphatic heterocycles. The summed E-state index contributed by atoms with van der Waals surface area (Å²) in [5, 5.41) is 12.7. The Labute approximate surface area is 183 Å². The summed E-state index contributed by atoms with van der Waals surface area (Å²) in [4.78, 5) is 27.8. The summed E-state index contributed by atoms with van der Waals surface area (Å²) < 4.78 is 28.7. The zero-order chi connectivity index (χ0) is 21.4. The Bertz CT molecular complexity index is 1160. The first kappa shape index (κ1) is 20.4. The lowest BCUT2D eigenvalue weighted by Gasteiger charge is -2.25. The van der Waals surface area contributed by atoms with Gasteiger partial charge in [-0.2, -0.15) is 0 Å². The van der Waals surface area contributed by atoms with Gasteiger partial charge >= 0.3 is 0 Å². The third-order valence-electron chi connectivity index (χ3n) is 4.82. The van der Waals surface area contributed by atoms with E-state index in [1.165, 1.54) is 46.6 Å². The maximum atomic E-state index is 14.8. The van der Waals surface area contributed by atoms with E-state index in [2.05, 4.69) is 15.9 Å². The smallest absolute Gasteiger partial charge is 0.295 e. The largest absolute Gasteiger partial charge is 0.507 e. The van der Waals surface area contributed by atoms with Gasteiger partial charge in [-0.05, 0) is 53.9 Å². The molecule has 1 fully saturated rings. The molecule has 1 aliphatic rings. The molecule has 1 unspecified atom stereocenters. The monoisotopic (exact) mass is 489 g/mol. The van der Waals surface area contributed by atoms with Gasteiger partial charge in [0.15, 0.2) is 0 Å². The summed E-state index contributed by atoms with van der Waals surface area (Å²) in [6, 6.07) is 11.5. The number of amides is 1. The number of likely N-dealkylation sites (tertiary alicyclic amines) is 1. The van der Waals surface area contributed by atoms with Gasteiger partial charge in [-0.1, -0.05) is 22.0 Å². The first-order valence-electron chi connectivity index (χ1n) is 8.88. The van der Waals surface area contributed by atoms with Crippen LogP contribution in [0.15, 0.2) is 70.0 Å². The predicted molar refractivity (Wildman–Crippen MR) is 113 cm³/mol. The molecule has 4 nitrogen and oxygen atoms in total. The average Bonchev–Trinajstić information content (AvgIpc) is 3.32. The van der Waals surface area contributed by atoms with Crippen LogP contribution in [0.4, 0.5) is 8.78 Å². The molecule has 1 saturated heterocycles. The molecule has 0 bridgehead atoms. The van der Waals surface area contributed by atoms with E-state index in [1.807, 2.05) is 11.4 Å². The molecular weight excluding hydrogens is 476 g/mol. The highest BCUT2D eigenvalue weighted by atomic mass is 79.9. The van der Waals surface area contributed by atoms with Crippen molar-refractivity contribution in [2.75, 3.05) is 0 Å². The van der Waals surface area contributed by atoms with Crippen molar-refractivity contribution in [1.82, 2.24) is 4.90 Å². The molecule has 0 saturated carbocycles. The molecule has 1 aromatic heterocycles. The SMILES string of the molecule is O=C1C(=O)N(Cc2cccs2)C(c2cc(Br)ccc2F)/C1=C(\O)c1ccc(F)cc1. The van der Waals surface area contributed by atoms with Gasteiger partial charge < -0.3 is 10.0 Å². The van der Waals surface area contributed by atoms with Crippen LogP contribution in [-0.4, -0.2) is 21.7 Å². The highest BCUT2D eigenvalue weighted by molar-refractivity contribution is 9.10. The van der Waals surface area contributed by atoms with Gasteiger partial charge in [0.1, 0.15) is 17.4 Å². The van der Waals surface area contributed by atoms with Gasteiger partial charge in [-0.3, -0.25) is 9.59 Å². The number of hydrogen-bond donors (Lipinski definition) is 1. The normalized spacial score (nSPS) is 18.2. The first-order chi connectivity index (χ1) is 14.4. The summed E-state index contributed by atoms with van der Waals surface area (Å²) in [7, 11) is 0. The van der Waals surface area contributed by atoms with Gasteiger partial charge in [0.25, 0.3) is 11.7 Å². The van der Waals surface area contributed by atoms with Crippen LogP contribution in [0.3, 0.4) is 0 Å². The van der Waals surface area contributed by atoms with Crippen LogP contribution < -0.4 is 0 Å². The highest BCUT2D eigenvalue weighted by Gasteiger charge is 2.47. The van der Waals surface area contributed by atoms with E-state index in [-0.39, 0.29) is 23.2 Å². The Hall–Kier alpha value is -2.84. The second-order valence-electron chi connectivity index (χ2n) is 6.68. The molecule has 0 radical (unpaired) electrons. The molecule has 1 N–H and O–H groups in total. The van der Waals surface area contributed by atoms with Crippen LogP contribution >= 0.6 is 27.3 Å². The number of carbonyl (C=O) groups is 2. The van der Waals surface area contributed by atoms with Crippen LogP contribution in [-0.2, 0) is 16.1 Å². The molecule has 152 valence electrons. The summed E-state index contributed by atoms with van der Waals surface area (Å²) in [5.74, 6) is -3.37. The van der Waals surface area contributed by atoms with Crippen molar-refractivity contribution in [2.24, 2.45) is 0 Å². The molecule has 0 spiro atoms. The minimum atomic E-state index is -1.13. The Kier molecular flexibility index (Phi) is 5.53. The van der Waals surface area contributed by atoms with Crippen molar-refractivity contribution in [3.8, 4) is 0 Å². The molecule has 1 amide bonds. The summed E-state index contributed by atoms with van der Waals surface area (Å²) in [5.41, 5.74) is -0.00474. The van der Waals surface area contributed by atoms with Crippen molar-refractivity contribution in [2.45, 2.75) is 12.6 Å². The molecule has 0 aliphatic carbocycles. The maximum absolute atomic E-state index is 14.8. The number of hydrogen-bond acceptors (Lipinski definition) is 4. The summed E-state index contributed by atoms with van der Waals surface area (Å²) in [6.45, 7) is 0.0824. The van der Waals surface area contributed by atoms with E-state index in [4.69, 9.17) is 0 Å². The molecule has 2 aromatic carbocycles. The maximum Gasteiger partial charge on any atom is 0.295 e. The zero-order valence-electron chi connectivity index (χ0n) is 15.3. The van der Waals surface area contributed by atoms with E-state index >= 15 is 0 Å². The van der Waals surface area contributed by atoms with E-state index in [1.54, 1.807) is 6.07 Å². The fraction of sp³-hybridized carbons (Fsp3) is 0.0909. The number of rotatable bonds is 4. The lowest BCUT2D eigenvalue weighted by Crippen LogP contribution is -2.29. The Balaban J connectivity index is 1.91. The second kappa shape index (κ2) is 8.12. The number of aliphatic hydroxyl groups is 1. The molecule has 30 heavy (non-hydrogen) atoms. The first-order valence-corrected chi connectivity index (χ1v) is 10.6. The number of Topliss-reactive ketones (excluding diaryl/α,β-unsaturated/α-hetero) is 1. The van der Waals surface area contributed by atoms with Crippen molar-refractivity contribution in [3.63, 3.8) is 0 Å². The van der Waals surface area contributed by atoms with Gasteiger partial charge in [0, 0.05) is 20.5 Å². The van der Waals surface area contributed by atoms with Crippen LogP contribution in [0.1, 0.15) is 22.0 Å². The lowest BCUT2D eigenvalue weighted by atomic mass is 9.95. The number of thiophene rings is 1. The number of benzene rings is 2. The number of halogens is 3. The van der Waals surface area contributed by atoms with E-state index in [0.29, 0.717) is 4.47 Å². The molecule has 2 heterocycles. The minimum absolute atomic E-state index is 0.0730. The lowest BCUT2D eigenvalue weighted by molar-refractivity contribution is -0.140. The molecular formula is C22H14BrF2NO3S. The van der Waals surface area contributed by atoms with E-state index in [9.17, 15) is 23.5 Å². The Morgan fingerprint density at radius 3 is 2.50 bits per heavy atom. The third kappa shape index (κ3) is 3.68. The van der Waals surface area contributed by atoms with Crippen molar-refractivity contribution < 1.29 is 23.5 Å². The molecule has 1 atom stereocenters. The van der Waals surface area contributed by atoms with Gasteiger partial charge in [-0.15, -0.1) is 11.3 Å².